The highest BCUT2D eigenvalue weighted by Crippen LogP contribution is 2.26. The van der Waals surface area contributed by atoms with Crippen molar-refractivity contribution in [2.45, 2.75) is 201 Å². The van der Waals surface area contributed by atoms with E-state index in [1.807, 2.05) is 32.8 Å². The van der Waals surface area contributed by atoms with Crippen LogP contribution in [0.2, 0.25) is 0 Å². The predicted molar refractivity (Wildman–Crippen MR) is 238 cm³/mol. The van der Waals surface area contributed by atoms with Gasteiger partial charge in [-0.1, -0.05) is 105 Å². The number of nitrogens with zero attached hydrogens (tertiary/aromatic N) is 1. The van der Waals surface area contributed by atoms with E-state index in [4.69, 9.17) is 28.4 Å². The van der Waals surface area contributed by atoms with Crippen molar-refractivity contribution in [1.82, 2.24) is 4.90 Å². The van der Waals surface area contributed by atoms with Crippen molar-refractivity contribution in [3.63, 3.8) is 0 Å². The summed E-state index contributed by atoms with van der Waals surface area (Å²) in [5.74, 6) is -1.90. The molecule has 0 atom stereocenters. The lowest BCUT2D eigenvalue weighted by molar-refractivity contribution is -0.171. The number of carbonyl (C=O) groups excluding carboxylic acids is 6. The van der Waals surface area contributed by atoms with Gasteiger partial charge in [-0.3, -0.25) is 28.8 Å². The molecule has 0 aromatic carbocycles. The van der Waals surface area contributed by atoms with Crippen LogP contribution in [0, 0.1) is 11.3 Å². The summed E-state index contributed by atoms with van der Waals surface area (Å²) < 4.78 is 33.5. The molecule has 0 unspecified atom stereocenters. The maximum Gasteiger partial charge on any atom is 0.306 e. The third-order valence-electron chi connectivity index (χ3n) is 10.5. The minimum absolute atomic E-state index is 0.162. The summed E-state index contributed by atoms with van der Waals surface area (Å²) in [5, 5.41) is 0. The van der Waals surface area contributed by atoms with Gasteiger partial charge < -0.3 is 33.3 Å². The lowest BCUT2D eigenvalue weighted by Gasteiger charge is -2.32. The molecule has 0 aromatic heterocycles. The zero-order valence-electron chi connectivity index (χ0n) is 39.5. The molecule has 0 bridgehead atoms. The molecule has 356 valence electrons. The van der Waals surface area contributed by atoms with Crippen LogP contribution in [0.15, 0.2) is 0 Å². The molecule has 61 heavy (non-hydrogen) atoms. The summed E-state index contributed by atoms with van der Waals surface area (Å²) in [7, 11) is 3.85. The third kappa shape index (κ3) is 36.0. The fourth-order valence-electron chi connectivity index (χ4n) is 6.66. The Hall–Kier alpha value is -3.22. The van der Waals surface area contributed by atoms with Gasteiger partial charge in [-0.2, -0.15) is 0 Å². The Kier molecular flexibility index (Phi) is 37.5. The smallest absolute Gasteiger partial charge is 0.306 e. The molecule has 0 rings (SSSR count). The lowest BCUT2D eigenvalue weighted by Crippen LogP contribution is -2.44. The summed E-state index contributed by atoms with van der Waals surface area (Å²) in [4.78, 5) is 78.0. The first-order valence-electron chi connectivity index (χ1n) is 24.0. The van der Waals surface area contributed by atoms with Gasteiger partial charge >= 0.3 is 35.8 Å². The van der Waals surface area contributed by atoms with Gasteiger partial charge in [0.2, 0.25) is 0 Å². The second-order valence-corrected chi connectivity index (χ2v) is 17.1. The maximum atomic E-state index is 13.5. The van der Waals surface area contributed by atoms with Crippen LogP contribution in [-0.4, -0.2) is 101 Å². The molecule has 0 fully saturated rings. The van der Waals surface area contributed by atoms with E-state index in [0.717, 1.165) is 116 Å². The van der Waals surface area contributed by atoms with Gasteiger partial charge in [0.05, 0.1) is 13.2 Å². The number of hydrogen-bond donors (Lipinski definition) is 0. The van der Waals surface area contributed by atoms with E-state index in [-0.39, 0.29) is 75.9 Å². The monoisotopic (exact) mass is 870 g/mol. The molecule has 0 radical (unpaired) electrons. The first kappa shape index (κ1) is 57.8. The van der Waals surface area contributed by atoms with Crippen molar-refractivity contribution >= 4 is 35.8 Å². The van der Waals surface area contributed by atoms with Crippen LogP contribution >= 0.6 is 0 Å². The molecule has 13 nitrogen and oxygen atoms in total. The van der Waals surface area contributed by atoms with Gasteiger partial charge in [0, 0.05) is 38.5 Å². The summed E-state index contributed by atoms with van der Waals surface area (Å²) in [6.45, 7) is 8.74. The Bertz CT molecular complexity index is 1100. The Balaban J connectivity index is 5.74. The molecule has 0 heterocycles. The first-order valence-corrected chi connectivity index (χ1v) is 24.0. The first-order chi connectivity index (χ1) is 29.4. The van der Waals surface area contributed by atoms with Gasteiger partial charge in [0.1, 0.15) is 31.8 Å². The minimum Gasteiger partial charge on any atom is -0.466 e. The number of rotatable bonds is 42. The quantitative estimate of drug-likeness (QED) is 0.0324. The molecule has 0 aromatic rings. The van der Waals surface area contributed by atoms with Gasteiger partial charge in [-0.15, -0.1) is 0 Å². The largest absolute Gasteiger partial charge is 0.466 e. The molecule has 0 spiro atoms. The predicted octanol–water partition coefficient (Wildman–Crippen LogP) is 10.0. The maximum absolute atomic E-state index is 13.5. The van der Waals surface area contributed by atoms with E-state index in [9.17, 15) is 28.8 Å². The molecule has 0 saturated heterocycles. The SMILES string of the molecule is CCCCCC(CCCCC)CC(=O)OCC(COC(=O)CCCCCCCC(=O)OCCC)(COC(=O)CCCCCCCC(=O)OCCC)COC(=O)CCCN(C)C. The molecule has 0 aliphatic rings. The average Bonchev–Trinajstić information content (AvgIpc) is 3.23. The normalized spacial score (nSPS) is 11.4. The van der Waals surface area contributed by atoms with Crippen LogP contribution in [0.1, 0.15) is 201 Å². The average molecular weight is 870 g/mol. The van der Waals surface area contributed by atoms with Crippen LogP contribution in [0.5, 0.6) is 0 Å². The van der Waals surface area contributed by atoms with Crippen LogP contribution in [0.3, 0.4) is 0 Å². The standard InChI is InChI=1S/C48H87NO12/c1-7-11-19-26-41(27-20-12-8-2)36-47(55)61-40-48(39-60-46(54)32-25-33-49(5)6,37-58-44(52)30-23-17-13-15-21-28-42(50)56-34-9-3)38-59-45(53)31-24-18-14-16-22-29-43(51)57-35-10-4/h41H,7-40H2,1-6H3. The summed E-state index contributed by atoms with van der Waals surface area (Å²) in [5.41, 5.74) is -1.31. The van der Waals surface area contributed by atoms with Crippen LogP contribution in [-0.2, 0) is 57.2 Å². The van der Waals surface area contributed by atoms with Gasteiger partial charge in [-0.05, 0) is 84.3 Å². The number of unbranched alkanes of at least 4 members (excludes halogenated alkanes) is 12. The van der Waals surface area contributed by atoms with Crippen molar-refractivity contribution in [3.05, 3.63) is 0 Å². The van der Waals surface area contributed by atoms with E-state index < -0.39 is 23.3 Å². The Morgan fingerprint density at radius 3 is 1.07 bits per heavy atom. The zero-order valence-corrected chi connectivity index (χ0v) is 39.5. The minimum atomic E-state index is -1.31. The van der Waals surface area contributed by atoms with Crippen molar-refractivity contribution in [2.24, 2.45) is 11.3 Å². The topological polar surface area (TPSA) is 161 Å². The van der Waals surface area contributed by atoms with Crippen molar-refractivity contribution in [1.29, 1.82) is 0 Å². The van der Waals surface area contributed by atoms with E-state index >= 15 is 0 Å². The Morgan fingerprint density at radius 1 is 0.393 bits per heavy atom. The van der Waals surface area contributed by atoms with Gasteiger partial charge in [0.25, 0.3) is 0 Å². The fraction of sp³-hybridized carbons (Fsp3) is 0.875. The Labute approximate surface area is 369 Å². The highest BCUT2D eigenvalue weighted by molar-refractivity contribution is 5.71. The number of ether oxygens (including phenoxy) is 6. The number of carbonyl (C=O) groups is 6. The van der Waals surface area contributed by atoms with Gasteiger partial charge in [0.15, 0.2) is 0 Å². The van der Waals surface area contributed by atoms with Crippen LogP contribution in [0.25, 0.3) is 0 Å². The second kappa shape index (κ2) is 39.6. The molecular formula is C48H87NO12. The highest BCUT2D eigenvalue weighted by Gasteiger charge is 2.38. The van der Waals surface area contributed by atoms with Crippen molar-refractivity contribution in [2.75, 3.05) is 60.3 Å². The van der Waals surface area contributed by atoms with Crippen LogP contribution in [0.4, 0.5) is 0 Å². The molecule has 0 saturated carbocycles. The summed E-state index contributed by atoms with van der Waals surface area (Å²) in [6.07, 6.45) is 19.7. The number of esters is 6. The summed E-state index contributed by atoms with van der Waals surface area (Å²) >= 11 is 0. The number of hydrogen-bond acceptors (Lipinski definition) is 13. The molecule has 0 aliphatic carbocycles. The summed E-state index contributed by atoms with van der Waals surface area (Å²) in [6, 6.07) is 0. The van der Waals surface area contributed by atoms with E-state index in [1.165, 1.54) is 0 Å². The fourth-order valence-corrected chi connectivity index (χ4v) is 6.66. The lowest BCUT2D eigenvalue weighted by atomic mass is 9.91. The molecule has 13 heteroatoms. The molecule has 0 amide bonds. The van der Waals surface area contributed by atoms with E-state index in [1.54, 1.807) is 0 Å². The van der Waals surface area contributed by atoms with E-state index in [0.29, 0.717) is 51.9 Å². The van der Waals surface area contributed by atoms with Crippen molar-refractivity contribution < 1.29 is 57.2 Å². The molecule has 0 aliphatic heterocycles. The van der Waals surface area contributed by atoms with Crippen LogP contribution < -0.4 is 0 Å². The zero-order chi connectivity index (χ0) is 45.4. The molecular weight excluding hydrogens is 783 g/mol. The van der Waals surface area contributed by atoms with Crippen molar-refractivity contribution in [3.8, 4) is 0 Å². The highest BCUT2D eigenvalue weighted by atomic mass is 16.6. The third-order valence-corrected chi connectivity index (χ3v) is 10.5. The molecule has 0 N–H and O–H groups in total. The van der Waals surface area contributed by atoms with E-state index in [2.05, 4.69) is 13.8 Å². The van der Waals surface area contributed by atoms with Gasteiger partial charge in [-0.25, -0.2) is 0 Å². The Morgan fingerprint density at radius 2 is 0.721 bits per heavy atom. The second-order valence-electron chi connectivity index (χ2n) is 17.1.